The molecule has 2 amide bonds. The molecule has 9 heteroatoms. The molecule has 0 radical (unpaired) electrons. The van der Waals surface area contributed by atoms with E-state index in [-0.39, 0.29) is 0 Å². The van der Waals surface area contributed by atoms with Crippen LogP contribution in [-0.2, 0) is 0 Å². The monoisotopic (exact) mass is 446 g/mol. The van der Waals surface area contributed by atoms with Crippen molar-refractivity contribution in [2.24, 2.45) is 5.92 Å². The first kappa shape index (κ1) is 22.1. The van der Waals surface area contributed by atoms with Crippen LogP contribution >= 0.6 is 0 Å². The van der Waals surface area contributed by atoms with Crippen molar-refractivity contribution < 1.29 is 14.3 Å². The first-order valence-corrected chi connectivity index (χ1v) is 10.7. The second-order valence-electron chi connectivity index (χ2n) is 7.84. The molecular formula is C24H26N6O3. The summed E-state index contributed by atoms with van der Waals surface area (Å²) >= 11 is 0. The molecule has 4 aromatic rings. The number of nitrogens with zero attached hydrogens (tertiary/aromatic N) is 4. The van der Waals surface area contributed by atoms with Crippen LogP contribution in [0.2, 0.25) is 0 Å². The number of anilines is 2. The molecule has 0 bridgehead atoms. The van der Waals surface area contributed by atoms with E-state index in [1.165, 1.54) is 0 Å². The van der Waals surface area contributed by atoms with Gasteiger partial charge in [-0.05, 0) is 42.7 Å². The number of amides is 2. The Balaban J connectivity index is 1.44. The van der Waals surface area contributed by atoms with Gasteiger partial charge in [0, 0.05) is 17.8 Å². The molecule has 3 heterocycles. The van der Waals surface area contributed by atoms with Crippen molar-refractivity contribution in [3.05, 3.63) is 60.9 Å². The third-order valence-electron chi connectivity index (χ3n) is 4.89. The number of carbonyl (C=O) groups is 1. The fourth-order valence-corrected chi connectivity index (χ4v) is 3.12. The molecule has 2 N–H and O–H groups in total. The summed E-state index contributed by atoms with van der Waals surface area (Å²) in [6.07, 6.45) is 4.28. The summed E-state index contributed by atoms with van der Waals surface area (Å²) in [5, 5.41) is 10.1. The molecule has 9 nitrogen and oxygen atoms in total. The average molecular weight is 447 g/mol. The number of fused-ring (bicyclic) bond motifs is 1. The van der Waals surface area contributed by atoms with E-state index in [9.17, 15) is 4.79 Å². The zero-order valence-electron chi connectivity index (χ0n) is 18.8. The van der Waals surface area contributed by atoms with Crippen molar-refractivity contribution in [3.63, 3.8) is 0 Å². The highest BCUT2D eigenvalue weighted by molar-refractivity contribution is 6.00. The number of aromatic nitrogens is 4. The molecule has 4 rings (SSSR count). The number of benzene rings is 1. The van der Waals surface area contributed by atoms with Crippen LogP contribution < -0.4 is 20.1 Å². The number of imidazole rings is 1. The van der Waals surface area contributed by atoms with E-state index in [4.69, 9.17) is 9.47 Å². The zero-order valence-corrected chi connectivity index (χ0v) is 18.8. The van der Waals surface area contributed by atoms with E-state index >= 15 is 0 Å². The van der Waals surface area contributed by atoms with Crippen LogP contribution in [0.1, 0.15) is 20.3 Å². The number of hydrogen-bond acceptors (Lipinski definition) is 6. The first-order valence-electron chi connectivity index (χ1n) is 10.7. The second-order valence-corrected chi connectivity index (χ2v) is 7.84. The maximum Gasteiger partial charge on any atom is 0.325 e. The minimum Gasteiger partial charge on any atom is -0.491 e. The van der Waals surface area contributed by atoms with Gasteiger partial charge in [0.25, 0.3) is 0 Å². The quantitative estimate of drug-likeness (QED) is 0.400. The number of pyridine rings is 1. The Morgan fingerprint density at radius 1 is 1.09 bits per heavy atom. The normalized spacial score (nSPS) is 10.9. The smallest absolute Gasteiger partial charge is 0.325 e. The fraction of sp³-hybridized carbons (Fsp3) is 0.250. The minimum absolute atomic E-state index is 0.378. The van der Waals surface area contributed by atoms with Gasteiger partial charge >= 0.3 is 6.03 Å². The molecule has 0 aliphatic rings. The molecule has 3 aromatic heterocycles. The number of carbonyl (C=O) groups excluding carboxylic acids is 1. The minimum atomic E-state index is -0.419. The van der Waals surface area contributed by atoms with Gasteiger partial charge in [0.15, 0.2) is 11.5 Å². The van der Waals surface area contributed by atoms with E-state index in [2.05, 4.69) is 39.5 Å². The summed E-state index contributed by atoms with van der Waals surface area (Å²) in [5.74, 6) is 2.08. The van der Waals surface area contributed by atoms with E-state index in [0.717, 1.165) is 17.7 Å². The number of para-hydroxylation sites is 2. The van der Waals surface area contributed by atoms with Gasteiger partial charge in [0.1, 0.15) is 5.75 Å². The molecule has 0 spiro atoms. The molecule has 0 saturated carbocycles. The Kier molecular flexibility index (Phi) is 6.68. The van der Waals surface area contributed by atoms with E-state index in [1.54, 1.807) is 36.2 Å². The lowest BCUT2D eigenvalue weighted by atomic mass is 10.1. The highest BCUT2D eigenvalue weighted by Gasteiger charge is 2.11. The summed E-state index contributed by atoms with van der Waals surface area (Å²) in [7, 11) is 1.57. The van der Waals surface area contributed by atoms with Crippen molar-refractivity contribution >= 4 is 23.2 Å². The van der Waals surface area contributed by atoms with Crippen LogP contribution in [0.5, 0.6) is 11.6 Å². The summed E-state index contributed by atoms with van der Waals surface area (Å²) in [4.78, 5) is 21.2. The molecule has 0 saturated heterocycles. The second kappa shape index (κ2) is 9.99. The van der Waals surface area contributed by atoms with Crippen molar-refractivity contribution in [1.29, 1.82) is 0 Å². The van der Waals surface area contributed by atoms with Crippen LogP contribution in [0.3, 0.4) is 0 Å². The maximum atomic E-state index is 12.6. The van der Waals surface area contributed by atoms with Crippen LogP contribution in [-0.4, -0.2) is 39.3 Å². The molecule has 1 aromatic carbocycles. The Bertz CT molecular complexity index is 1240. The molecule has 0 aliphatic heterocycles. The van der Waals surface area contributed by atoms with Crippen LogP contribution in [0.15, 0.2) is 60.9 Å². The summed E-state index contributed by atoms with van der Waals surface area (Å²) in [6.45, 7) is 4.87. The van der Waals surface area contributed by atoms with Crippen molar-refractivity contribution in [3.8, 4) is 22.9 Å². The lowest BCUT2D eigenvalue weighted by molar-refractivity contribution is 0.261. The van der Waals surface area contributed by atoms with Gasteiger partial charge in [0.2, 0.25) is 5.88 Å². The molecule has 33 heavy (non-hydrogen) atoms. The summed E-state index contributed by atoms with van der Waals surface area (Å²) in [6, 6.07) is 14.3. The van der Waals surface area contributed by atoms with Crippen LogP contribution in [0, 0.1) is 5.92 Å². The molecular weight excluding hydrogens is 420 g/mol. The van der Waals surface area contributed by atoms with Gasteiger partial charge in [-0.25, -0.2) is 19.3 Å². The molecule has 170 valence electrons. The maximum absolute atomic E-state index is 12.6. The van der Waals surface area contributed by atoms with E-state index < -0.39 is 6.03 Å². The number of ether oxygens (including phenoxy) is 2. The standard InChI is InChI=1S/C24H26N6O3/c1-16(2)12-13-33-20-7-5-4-6-19(20)26-24(31)28-21-15-30-22(27-21)10-9-18(29-30)17-8-11-23(32-3)25-14-17/h4-11,14-16H,12-13H2,1-3H3,(H2,26,28,31). The number of methoxy groups -OCH3 is 1. The van der Waals surface area contributed by atoms with E-state index in [1.807, 2.05) is 36.4 Å². The SMILES string of the molecule is COc1ccc(-c2ccc3nc(NC(=O)Nc4ccccc4OCCC(C)C)cn3n2)cn1. The Labute approximate surface area is 191 Å². The summed E-state index contributed by atoms with van der Waals surface area (Å²) < 4.78 is 12.5. The zero-order chi connectivity index (χ0) is 23.2. The number of nitrogens with one attached hydrogen (secondary N) is 2. The lowest BCUT2D eigenvalue weighted by Gasteiger charge is -2.13. The largest absolute Gasteiger partial charge is 0.491 e. The summed E-state index contributed by atoms with van der Waals surface area (Å²) in [5.41, 5.74) is 2.76. The average Bonchev–Trinajstić information content (AvgIpc) is 3.21. The lowest BCUT2D eigenvalue weighted by Crippen LogP contribution is -2.20. The third-order valence-corrected chi connectivity index (χ3v) is 4.89. The van der Waals surface area contributed by atoms with Gasteiger partial charge in [-0.2, -0.15) is 5.10 Å². The highest BCUT2D eigenvalue weighted by Crippen LogP contribution is 2.25. The van der Waals surface area contributed by atoms with Crippen LogP contribution in [0.4, 0.5) is 16.3 Å². The predicted molar refractivity (Wildman–Crippen MR) is 127 cm³/mol. The van der Waals surface area contributed by atoms with Crippen molar-refractivity contribution in [2.75, 3.05) is 24.4 Å². The van der Waals surface area contributed by atoms with Gasteiger partial charge in [-0.1, -0.05) is 26.0 Å². The third kappa shape index (κ3) is 5.57. The van der Waals surface area contributed by atoms with Gasteiger partial charge < -0.3 is 14.8 Å². The van der Waals surface area contributed by atoms with E-state index in [0.29, 0.717) is 41.3 Å². The van der Waals surface area contributed by atoms with Crippen LogP contribution in [0.25, 0.3) is 16.9 Å². The topological polar surface area (TPSA) is 103 Å². The van der Waals surface area contributed by atoms with Gasteiger partial charge in [-0.3, -0.25) is 5.32 Å². The molecule has 0 atom stereocenters. The predicted octanol–water partition coefficient (Wildman–Crippen LogP) is 4.87. The number of hydrogen-bond donors (Lipinski definition) is 2. The van der Waals surface area contributed by atoms with Gasteiger partial charge in [0.05, 0.1) is 31.3 Å². The highest BCUT2D eigenvalue weighted by atomic mass is 16.5. The van der Waals surface area contributed by atoms with Gasteiger partial charge in [-0.15, -0.1) is 0 Å². The molecule has 0 unspecified atom stereocenters. The first-order chi connectivity index (χ1) is 16.0. The Morgan fingerprint density at radius 2 is 1.94 bits per heavy atom. The number of rotatable bonds is 8. The molecule has 0 fully saturated rings. The number of urea groups is 1. The fourth-order valence-electron chi connectivity index (χ4n) is 3.12. The Morgan fingerprint density at radius 3 is 2.70 bits per heavy atom. The Hall–Kier alpha value is -4.14. The molecule has 0 aliphatic carbocycles. The van der Waals surface area contributed by atoms with Crippen molar-refractivity contribution in [2.45, 2.75) is 20.3 Å². The van der Waals surface area contributed by atoms with Crippen molar-refractivity contribution in [1.82, 2.24) is 19.6 Å².